The molecule has 40 heavy (non-hydrogen) atoms. The fourth-order valence-electron chi connectivity index (χ4n) is 5.49. The van der Waals surface area contributed by atoms with E-state index < -0.39 is 27.5 Å². The molecule has 2 heterocycles. The molecule has 0 radical (unpaired) electrons. The second-order valence-electron chi connectivity index (χ2n) is 11.3. The number of likely N-dealkylation sites (tertiary alicyclic amines) is 1. The molecular formula is C30H41N3O6S. The number of unbranched alkanes of at least 4 members (excludes halogenated alkanes) is 1. The van der Waals surface area contributed by atoms with Gasteiger partial charge in [-0.05, 0) is 67.1 Å². The molecule has 218 valence electrons. The molecule has 2 saturated heterocycles. The molecule has 0 aliphatic carbocycles. The number of carbonyl (C=O) groups excluding carboxylic acids is 2. The highest BCUT2D eigenvalue weighted by Gasteiger charge is 2.54. The Morgan fingerprint density at radius 2 is 1.60 bits per heavy atom. The molecule has 2 aromatic carbocycles. The summed E-state index contributed by atoms with van der Waals surface area (Å²) in [5.74, 6) is 0.728. The Kier molecular flexibility index (Phi) is 9.22. The van der Waals surface area contributed by atoms with Crippen LogP contribution in [-0.2, 0) is 26.0 Å². The van der Waals surface area contributed by atoms with E-state index in [0.29, 0.717) is 50.5 Å². The van der Waals surface area contributed by atoms with Crippen LogP contribution in [-0.4, -0.2) is 78.7 Å². The standard InChI is InChI=1S/C30H41N3O6S/c1-5-6-17-33-28(35)26(27(34)21(2)3)31-29(36)30(33)15-18-32(19-16-30)20-22-7-9-23(10-8-22)39-24-11-13-25(14-12-24)40(4,37)38/h7-14,21,26-27,34H,5-6,15-20H2,1-4H3,(H,31,36)/t26-,27-/m1/s1. The maximum atomic E-state index is 13.5. The molecule has 4 rings (SSSR count). The van der Waals surface area contributed by atoms with Crippen molar-refractivity contribution in [2.24, 2.45) is 5.92 Å². The third kappa shape index (κ3) is 6.50. The van der Waals surface area contributed by atoms with E-state index >= 15 is 0 Å². The van der Waals surface area contributed by atoms with Gasteiger partial charge in [-0.25, -0.2) is 8.42 Å². The lowest BCUT2D eigenvalue weighted by Gasteiger charge is -2.52. The van der Waals surface area contributed by atoms with Gasteiger partial charge < -0.3 is 20.1 Å². The minimum atomic E-state index is -3.26. The van der Waals surface area contributed by atoms with Gasteiger partial charge in [-0.1, -0.05) is 39.3 Å². The largest absolute Gasteiger partial charge is 0.457 e. The predicted molar refractivity (Wildman–Crippen MR) is 153 cm³/mol. The van der Waals surface area contributed by atoms with Crippen LogP contribution in [0.5, 0.6) is 11.5 Å². The molecule has 2 amide bonds. The first kappa shape index (κ1) is 30.0. The van der Waals surface area contributed by atoms with Crippen LogP contribution in [0.3, 0.4) is 0 Å². The second kappa shape index (κ2) is 12.3. The van der Waals surface area contributed by atoms with Crippen molar-refractivity contribution in [2.75, 3.05) is 25.9 Å². The number of piperazine rings is 1. The number of hydrogen-bond donors (Lipinski definition) is 2. The van der Waals surface area contributed by atoms with E-state index in [2.05, 4.69) is 17.1 Å². The lowest BCUT2D eigenvalue weighted by Crippen LogP contribution is -2.74. The zero-order valence-electron chi connectivity index (χ0n) is 23.8. The van der Waals surface area contributed by atoms with Crippen LogP contribution in [0.25, 0.3) is 0 Å². The lowest BCUT2D eigenvalue weighted by molar-refractivity contribution is -0.165. The van der Waals surface area contributed by atoms with Crippen LogP contribution in [0.4, 0.5) is 0 Å². The molecule has 0 unspecified atom stereocenters. The summed E-state index contributed by atoms with van der Waals surface area (Å²) in [6, 6.07) is 13.2. The van der Waals surface area contributed by atoms with Crippen molar-refractivity contribution >= 4 is 21.7 Å². The summed E-state index contributed by atoms with van der Waals surface area (Å²) in [6.07, 6.45) is 3.07. The maximum absolute atomic E-state index is 13.5. The monoisotopic (exact) mass is 571 g/mol. The number of sulfone groups is 1. The highest BCUT2D eigenvalue weighted by atomic mass is 32.2. The van der Waals surface area contributed by atoms with Crippen LogP contribution in [0, 0.1) is 5.92 Å². The lowest BCUT2D eigenvalue weighted by atomic mass is 9.80. The normalized spacial score (nSPS) is 20.6. The zero-order valence-corrected chi connectivity index (χ0v) is 24.6. The van der Waals surface area contributed by atoms with Crippen molar-refractivity contribution in [3.05, 3.63) is 54.1 Å². The number of aliphatic hydroxyl groups excluding tert-OH is 1. The van der Waals surface area contributed by atoms with Gasteiger partial charge in [-0.15, -0.1) is 0 Å². The van der Waals surface area contributed by atoms with Crippen LogP contribution >= 0.6 is 0 Å². The minimum absolute atomic E-state index is 0.143. The molecule has 9 nitrogen and oxygen atoms in total. The summed E-state index contributed by atoms with van der Waals surface area (Å²) in [6.45, 7) is 8.33. The molecule has 0 bridgehead atoms. The number of aliphatic hydroxyl groups is 1. The number of ether oxygens (including phenoxy) is 1. The topological polar surface area (TPSA) is 116 Å². The van der Waals surface area contributed by atoms with Crippen molar-refractivity contribution < 1.29 is 27.9 Å². The predicted octanol–water partition coefficient (Wildman–Crippen LogP) is 3.36. The van der Waals surface area contributed by atoms with E-state index in [9.17, 15) is 23.1 Å². The molecule has 10 heteroatoms. The van der Waals surface area contributed by atoms with Crippen molar-refractivity contribution in [3.63, 3.8) is 0 Å². The molecule has 2 aliphatic rings. The zero-order chi connectivity index (χ0) is 29.1. The first-order valence-electron chi connectivity index (χ1n) is 14.0. The Bertz CT molecular complexity index is 1290. The molecule has 0 saturated carbocycles. The van der Waals surface area contributed by atoms with Crippen LogP contribution in [0.1, 0.15) is 52.0 Å². The van der Waals surface area contributed by atoms with Gasteiger partial charge in [0.1, 0.15) is 23.1 Å². The SMILES string of the molecule is CCCCN1C(=O)[C@@H]([C@H](O)C(C)C)NC(=O)C12CCN(Cc1ccc(Oc3ccc(S(C)(=O)=O)cc3)cc1)CC2. The summed E-state index contributed by atoms with van der Waals surface area (Å²) in [7, 11) is -3.26. The van der Waals surface area contributed by atoms with Crippen LogP contribution in [0.2, 0.25) is 0 Å². The van der Waals surface area contributed by atoms with Gasteiger partial charge in [-0.3, -0.25) is 14.5 Å². The molecule has 2 aromatic rings. The number of nitrogens with one attached hydrogen (secondary N) is 1. The third-order valence-electron chi connectivity index (χ3n) is 8.02. The Labute approximate surface area is 237 Å². The van der Waals surface area contributed by atoms with Gasteiger partial charge in [0.05, 0.1) is 11.0 Å². The second-order valence-corrected chi connectivity index (χ2v) is 13.3. The van der Waals surface area contributed by atoms with E-state index in [4.69, 9.17) is 4.74 Å². The minimum Gasteiger partial charge on any atom is -0.457 e. The number of hydrogen-bond acceptors (Lipinski definition) is 7. The fourth-order valence-corrected chi connectivity index (χ4v) is 6.12. The average molecular weight is 572 g/mol. The number of carbonyl (C=O) groups is 2. The van der Waals surface area contributed by atoms with Crippen molar-refractivity contribution in [2.45, 2.75) is 75.6 Å². The van der Waals surface area contributed by atoms with E-state index in [1.807, 2.05) is 38.1 Å². The average Bonchev–Trinajstić information content (AvgIpc) is 2.92. The molecular weight excluding hydrogens is 530 g/mol. The van der Waals surface area contributed by atoms with Crippen molar-refractivity contribution in [1.82, 2.24) is 15.1 Å². The Hall–Kier alpha value is -2.95. The summed E-state index contributed by atoms with van der Waals surface area (Å²) >= 11 is 0. The highest BCUT2D eigenvalue weighted by Crippen LogP contribution is 2.35. The van der Waals surface area contributed by atoms with Crippen molar-refractivity contribution in [3.8, 4) is 11.5 Å². The number of rotatable bonds is 10. The van der Waals surface area contributed by atoms with E-state index in [1.165, 1.54) is 18.4 Å². The van der Waals surface area contributed by atoms with Crippen LogP contribution < -0.4 is 10.1 Å². The van der Waals surface area contributed by atoms with Gasteiger partial charge in [-0.2, -0.15) is 0 Å². The van der Waals surface area contributed by atoms with Gasteiger partial charge in [0.2, 0.25) is 11.8 Å². The number of benzene rings is 2. The van der Waals surface area contributed by atoms with Gasteiger partial charge in [0.25, 0.3) is 0 Å². The first-order chi connectivity index (χ1) is 18.9. The van der Waals surface area contributed by atoms with E-state index in [-0.39, 0.29) is 22.6 Å². The van der Waals surface area contributed by atoms with Crippen molar-refractivity contribution in [1.29, 1.82) is 0 Å². The number of piperidine rings is 1. The summed E-state index contributed by atoms with van der Waals surface area (Å²) in [4.78, 5) is 31.3. The highest BCUT2D eigenvalue weighted by molar-refractivity contribution is 7.90. The summed E-state index contributed by atoms with van der Waals surface area (Å²) < 4.78 is 29.2. The molecule has 2 atom stereocenters. The number of amides is 2. The molecule has 2 fully saturated rings. The molecule has 0 aromatic heterocycles. The van der Waals surface area contributed by atoms with E-state index in [1.54, 1.807) is 17.0 Å². The molecule has 2 N–H and O–H groups in total. The Morgan fingerprint density at radius 1 is 1.02 bits per heavy atom. The quantitative estimate of drug-likeness (QED) is 0.449. The van der Waals surface area contributed by atoms with Crippen LogP contribution in [0.15, 0.2) is 53.4 Å². The third-order valence-corrected chi connectivity index (χ3v) is 9.15. The summed E-state index contributed by atoms with van der Waals surface area (Å²) in [5.41, 5.74) is 0.225. The summed E-state index contributed by atoms with van der Waals surface area (Å²) in [5, 5.41) is 13.5. The Morgan fingerprint density at radius 3 is 2.12 bits per heavy atom. The Balaban J connectivity index is 1.38. The van der Waals surface area contributed by atoms with Gasteiger partial charge >= 0.3 is 0 Å². The maximum Gasteiger partial charge on any atom is 0.248 e. The first-order valence-corrected chi connectivity index (χ1v) is 15.9. The van der Waals surface area contributed by atoms with E-state index in [0.717, 1.165) is 18.4 Å². The van der Waals surface area contributed by atoms with Gasteiger partial charge in [0, 0.05) is 32.4 Å². The molecule has 1 spiro atoms. The number of nitrogens with zero attached hydrogens (tertiary/aromatic N) is 2. The smallest absolute Gasteiger partial charge is 0.248 e. The molecule has 2 aliphatic heterocycles. The fraction of sp³-hybridized carbons (Fsp3) is 0.533. The van der Waals surface area contributed by atoms with Gasteiger partial charge in [0.15, 0.2) is 9.84 Å².